The van der Waals surface area contributed by atoms with Crippen LogP contribution in [0.1, 0.15) is 12.0 Å². The molecule has 19 heavy (non-hydrogen) atoms. The molecule has 0 bridgehead atoms. The lowest BCUT2D eigenvalue weighted by Gasteiger charge is -2.07. The van der Waals surface area contributed by atoms with Gasteiger partial charge in [-0.25, -0.2) is 0 Å². The van der Waals surface area contributed by atoms with Crippen molar-refractivity contribution in [2.45, 2.75) is 13.0 Å². The number of benzene rings is 1. The molecule has 2 N–H and O–H groups in total. The zero-order valence-corrected chi connectivity index (χ0v) is 11.0. The van der Waals surface area contributed by atoms with Gasteiger partial charge >= 0.3 is 6.01 Å². The minimum absolute atomic E-state index is 0.396. The Balaban J connectivity index is 1.66. The number of ether oxygens (including phenoxy) is 2. The Kier molecular flexibility index (Phi) is 4.74. The van der Waals surface area contributed by atoms with E-state index in [1.807, 2.05) is 24.3 Å². The van der Waals surface area contributed by atoms with E-state index in [9.17, 15) is 0 Å². The molecule has 6 nitrogen and oxygen atoms in total. The van der Waals surface area contributed by atoms with Crippen LogP contribution < -0.4 is 15.2 Å². The lowest BCUT2D eigenvalue weighted by Crippen LogP contribution is -2.06. The second-order valence-electron chi connectivity index (χ2n) is 4.10. The summed E-state index contributed by atoms with van der Waals surface area (Å²) in [4.78, 5) is 3.97. The van der Waals surface area contributed by atoms with Gasteiger partial charge in [-0.15, -0.1) is 5.10 Å². The maximum atomic E-state index is 5.61. The Bertz CT molecular complexity index is 513. The first kappa shape index (κ1) is 13.4. The first-order valence-electron chi connectivity index (χ1n) is 6.18. The second kappa shape index (κ2) is 6.75. The summed E-state index contributed by atoms with van der Waals surface area (Å²) >= 11 is 0. The lowest BCUT2D eigenvalue weighted by molar-refractivity contribution is 0.236. The number of rotatable bonds is 7. The Labute approximate surface area is 112 Å². The van der Waals surface area contributed by atoms with Crippen molar-refractivity contribution >= 4 is 0 Å². The average molecular weight is 262 g/mol. The molecule has 0 saturated heterocycles. The van der Waals surface area contributed by atoms with Crippen LogP contribution in [0.15, 0.2) is 30.6 Å². The first-order valence-corrected chi connectivity index (χ1v) is 6.18. The summed E-state index contributed by atoms with van der Waals surface area (Å²) in [6.07, 6.45) is 2.37. The quantitative estimate of drug-likeness (QED) is 0.757. The standard InChI is InChI=1S/C13H18N4O2/c1-17-10-15-13(16-17)19-7-3-6-18-12-5-2-4-11(8-12)9-14/h2,4-5,8,10H,3,6-7,9,14H2,1H3. The van der Waals surface area contributed by atoms with Gasteiger partial charge in [-0.3, -0.25) is 4.68 Å². The Morgan fingerprint density at radius 2 is 2.11 bits per heavy atom. The number of nitrogens with two attached hydrogens (primary N) is 1. The molecule has 1 aromatic heterocycles. The van der Waals surface area contributed by atoms with E-state index in [4.69, 9.17) is 15.2 Å². The van der Waals surface area contributed by atoms with Crippen molar-refractivity contribution in [2.75, 3.05) is 13.2 Å². The Morgan fingerprint density at radius 3 is 2.84 bits per heavy atom. The highest BCUT2D eigenvalue weighted by molar-refractivity contribution is 5.28. The summed E-state index contributed by atoms with van der Waals surface area (Å²) in [5.41, 5.74) is 6.63. The largest absolute Gasteiger partial charge is 0.493 e. The molecule has 0 aliphatic rings. The maximum Gasteiger partial charge on any atom is 0.335 e. The van der Waals surface area contributed by atoms with E-state index in [2.05, 4.69) is 10.1 Å². The van der Waals surface area contributed by atoms with E-state index in [1.54, 1.807) is 18.1 Å². The van der Waals surface area contributed by atoms with Crippen LogP contribution in [0, 0.1) is 0 Å². The summed E-state index contributed by atoms with van der Waals surface area (Å²) in [7, 11) is 1.80. The number of hydrogen-bond acceptors (Lipinski definition) is 5. The Morgan fingerprint density at radius 1 is 1.26 bits per heavy atom. The van der Waals surface area contributed by atoms with Gasteiger partial charge < -0.3 is 15.2 Å². The molecule has 0 amide bonds. The molecule has 6 heteroatoms. The minimum Gasteiger partial charge on any atom is -0.493 e. The maximum absolute atomic E-state index is 5.61. The number of aryl methyl sites for hydroxylation is 1. The van der Waals surface area contributed by atoms with E-state index < -0.39 is 0 Å². The lowest BCUT2D eigenvalue weighted by atomic mass is 10.2. The second-order valence-corrected chi connectivity index (χ2v) is 4.10. The summed E-state index contributed by atoms with van der Waals surface area (Å²) in [6, 6.07) is 8.17. The SMILES string of the molecule is Cn1cnc(OCCCOc2cccc(CN)c2)n1. The monoisotopic (exact) mass is 262 g/mol. The number of nitrogens with zero attached hydrogens (tertiary/aromatic N) is 3. The highest BCUT2D eigenvalue weighted by atomic mass is 16.5. The van der Waals surface area contributed by atoms with Gasteiger partial charge in [-0.1, -0.05) is 12.1 Å². The molecule has 0 aliphatic carbocycles. The van der Waals surface area contributed by atoms with Crippen LogP contribution in [0.5, 0.6) is 11.8 Å². The molecule has 0 spiro atoms. The van der Waals surface area contributed by atoms with Gasteiger partial charge in [-0.2, -0.15) is 4.98 Å². The van der Waals surface area contributed by atoms with Crippen molar-refractivity contribution in [3.8, 4) is 11.8 Å². The fourth-order valence-corrected chi connectivity index (χ4v) is 1.56. The van der Waals surface area contributed by atoms with Crippen molar-refractivity contribution < 1.29 is 9.47 Å². The molecule has 2 rings (SSSR count). The van der Waals surface area contributed by atoms with Crippen molar-refractivity contribution in [3.63, 3.8) is 0 Å². The molecule has 0 atom stereocenters. The minimum atomic E-state index is 0.396. The van der Waals surface area contributed by atoms with Crippen molar-refractivity contribution in [2.24, 2.45) is 12.8 Å². The third kappa shape index (κ3) is 4.26. The predicted molar refractivity (Wildman–Crippen MR) is 70.9 cm³/mol. The van der Waals surface area contributed by atoms with E-state index >= 15 is 0 Å². The molecular formula is C13H18N4O2. The van der Waals surface area contributed by atoms with Gasteiger partial charge in [0, 0.05) is 20.0 Å². The zero-order valence-electron chi connectivity index (χ0n) is 11.0. The summed E-state index contributed by atoms with van der Waals surface area (Å²) in [5, 5.41) is 4.02. The molecular weight excluding hydrogens is 244 g/mol. The highest BCUT2D eigenvalue weighted by Crippen LogP contribution is 2.13. The molecule has 102 valence electrons. The normalized spacial score (nSPS) is 10.4. The summed E-state index contributed by atoms with van der Waals surface area (Å²) in [6.45, 7) is 1.63. The molecule has 0 unspecified atom stereocenters. The van der Waals surface area contributed by atoms with Crippen molar-refractivity contribution in [1.29, 1.82) is 0 Å². The molecule has 1 aromatic carbocycles. The van der Waals surface area contributed by atoms with Gasteiger partial charge in [0.25, 0.3) is 0 Å². The number of aromatic nitrogens is 3. The molecule has 0 aliphatic heterocycles. The summed E-state index contributed by atoms with van der Waals surface area (Å²) in [5.74, 6) is 0.832. The van der Waals surface area contributed by atoms with Crippen molar-refractivity contribution in [1.82, 2.24) is 14.8 Å². The third-order valence-corrected chi connectivity index (χ3v) is 2.50. The van der Waals surface area contributed by atoms with Crippen LogP contribution in [-0.4, -0.2) is 28.0 Å². The molecule has 1 heterocycles. The van der Waals surface area contributed by atoms with Crippen LogP contribution in [0.2, 0.25) is 0 Å². The fraction of sp³-hybridized carbons (Fsp3) is 0.385. The summed E-state index contributed by atoms with van der Waals surface area (Å²) < 4.78 is 12.6. The molecule has 2 aromatic rings. The Hall–Kier alpha value is -2.08. The van der Waals surface area contributed by atoms with E-state index in [0.29, 0.717) is 25.8 Å². The smallest absolute Gasteiger partial charge is 0.335 e. The van der Waals surface area contributed by atoms with Crippen molar-refractivity contribution in [3.05, 3.63) is 36.2 Å². The van der Waals surface area contributed by atoms with Gasteiger partial charge in [0.05, 0.1) is 13.2 Å². The van der Waals surface area contributed by atoms with Gasteiger partial charge in [-0.05, 0) is 17.7 Å². The van der Waals surface area contributed by atoms with Gasteiger partial charge in [0.15, 0.2) is 0 Å². The average Bonchev–Trinajstić information content (AvgIpc) is 2.84. The zero-order chi connectivity index (χ0) is 13.5. The van der Waals surface area contributed by atoms with Gasteiger partial charge in [0.1, 0.15) is 12.1 Å². The van der Waals surface area contributed by atoms with Crippen LogP contribution in [0.25, 0.3) is 0 Å². The highest BCUT2D eigenvalue weighted by Gasteiger charge is 1.99. The van der Waals surface area contributed by atoms with E-state index in [-0.39, 0.29) is 0 Å². The molecule has 0 radical (unpaired) electrons. The number of hydrogen-bond donors (Lipinski definition) is 1. The molecule has 0 saturated carbocycles. The fourth-order valence-electron chi connectivity index (χ4n) is 1.56. The van der Waals surface area contributed by atoms with E-state index in [1.165, 1.54) is 0 Å². The van der Waals surface area contributed by atoms with Crippen LogP contribution in [0.4, 0.5) is 0 Å². The molecule has 0 fully saturated rings. The van der Waals surface area contributed by atoms with Crippen LogP contribution >= 0.6 is 0 Å². The van der Waals surface area contributed by atoms with E-state index in [0.717, 1.165) is 17.7 Å². The van der Waals surface area contributed by atoms with Crippen LogP contribution in [0.3, 0.4) is 0 Å². The first-order chi connectivity index (χ1) is 9.28. The third-order valence-electron chi connectivity index (χ3n) is 2.50. The van der Waals surface area contributed by atoms with Crippen LogP contribution in [-0.2, 0) is 13.6 Å². The van der Waals surface area contributed by atoms with Gasteiger partial charge in [0.2, 0.25) is 0 Å². The predicted octanol–water partition coefficient (Wildman–Crippen LogP) is 1.12. The topological polar surface area (TPSA) is 75.2 Å².